The number of sulfonamides is 1. The zero-order valence-corrected chi connectivity index (χ0v) is 17.5. The number of amides is 1. The highest BCUT2D eigenvalue weighted by molar-refractivity contribution is 7.89. The normalized spacial score (nSPS) is 11.0. The third-order valence-corrected chi connectivity index (χ3v) is 5.60. The van der Waals surface area contributed by atoms with Gasteiger partial charge in [-0.05, 0) is 36.2 Å². The van der Waals surface area contributed by atoms with Gasteiger partial charge >= 0.3 is 0 Å². The van der Waals surface area contributed by atoms with Gasteiger partial charge in [-0.1, -0.05) is 18.2 Å². The third-order valence-electron chi connectivity index (χ3n) is 4.21. The average molecular weight is 423 g/mol. The molecule has 0 bridgehead atoms. The molecule has 1 amide bonds. The van der Waals surface area contributed by atoms with Crippen LogP contribution in [0.4, 0.5) is 0 Å². The molecule has 0 aliphatic heterocycles. The minimum Gasteiger partial charge on any atom is -0.496 e. The Kier molecular flexibility index (Phi) is 8.29. The maximum absolute atomic E-state index is 12.2. The number of carbonyl (C=O) groups is 1. The lowest BCUT2D eigenvalue weighted by Gasteiger charge is -2.11. The number of rotatable bonds is 11. The Hall–Kier alpha value is -2.78. The van der Waals surface area contributed by atoms with Crippen molar-refractivity contribution in [1.82, 2.24) is 10.0 Å². The van der Waals surface area contributed by atoms with E-state index in [1.807, 2.05) is 24.3 Å². The van der Waals surface area contributed by atoms with Gasteiger partial charge in [0.2, 0.25) is 10.0 Å². The number of nitrogens with one attached hydrogen (secondary N) is 2. The summed E-state index contributed by atoms with van der Waals surface area (Å²) < 4.78 is 42.4. The van der Waals surface area contributed by atoms with Gasteiger partial charge in [-0.25, -0.2) is 13.1 Å². The van der Waals surface area contributed by atoms with Gasteiger partial charge in [0.05, 0.1) is 27.1 Å². The third kappa shape index (κ3) is 6.65. The first-order valence-corrected chi connectivity index (χ1v) is 10.6. The fourth-order valence-electron chi connectivity index (χ4n) is 2.70. The number of hydrogen-bond acceptors (Lipinski definition) is 6. The maximum Gasteiger partial charge on any atom is 0.251 e. The Balaban J connectivity index is 1.82. The molecule has 0 saturated carbocycles. The van der Waals surface area contributed by atoms with Gasteiger partial charge in [0.25, 0.3) is 5.91 Å². The summed E-state index contributed by atoms with van der Waals surface area (Å²) in [6.45, 7) is 0.226. The van der Waals surface area contributed by atoms with Crippen LogP contribution in [-0.4, -0.2) is 54.5 Å². The number of methoxy groups -OCH3 is 3. The van der Waals surface area contributed by atoms with Crippen LogP contribution < -0.4 is 24.2 Å². The Morgan fingerprint density at radius 1 is 0.897 bits per heavy atom. The van der Waals surface area contributed by atoms with E-state index in [9.17, 15) is 13.2 Å². The number of ether oxygens (including phenoxy) is 3. The molecular formula is C20H26N2O6S. The molecule has 2 rings (SSSR count). The van der Waals surface area contributed by atoms with Crippen LogP contribution in [0.15, 0.2) is 42.5 Å². The van der Waals surface area contributed by atoms with Crippen LogP contribution >= 0.6 is 0 Å². The molecule has 2 aromatic rings. The van der Waals surface area contributed by atoms with Crippen LogP contribution in [0.2, 0.25) is 0 Å². The van der Waals surface area contributed by atoms with Gasteiger partial charge in [0.1, 0.15) is 5.75 Å². The van der Waals surface area contributed by atoms with Crippen molar-refractivity contribution in [3.63, 3.8) is 0 Å². The van der Waals surface area contributed by atoms with E-state index in [4.69, 9.17) is 14.2 Å². The summed E-state index contributed by atoms with van der Waals surface area (Å²) in [5, 5.41) is 2.60. The van der Waals surface area contributed by atoms with Crippen molar-refractivity contribution in [3.8, 4) is 17.2 Å². The van der Waals surface area contributed by atoms with Gasteiger partial charge in [-0.3, -0.25) is 4.79 Å². The minimum atomic E-state index is -3.52. The first-order chi connectivity index (χ1) is 13.9. The fourth-order valence-corrected chi connectivity index (χ4v) is 3.63. The molecule has 0 unspecified atom stereocenters. The van der Waals surface area contributed by atoms with E-state index in [1.165, 1.54) is 20.3 Å². The van der Waals surface area contributed by atoms with Gasteiger partial charge < -0.3 is 19.5 Å². The Bertz CT molecular complexity index is 930. The van der Waals surface area contributed by atoms with E-state index in [1.54, 1.807) is 19.2 Å². The summed E-state index contributed by atoms with van der Waals surface area (Å²) in [6, 6.07) is 12.2. The number of hydrogen-bond donors (Lipinski definition) is 2. The molecule has 0 fully saturated rings. The van der Waals surface area contributed by atoms with E-state index in [0.29, 0.717) is 29.2 Å². The predicted octanol–water partition coefficient (Wildman–Crippen LogP) is 1.60. The highest BCUT2D eigenvalue weighted by Gasteiger charge is 2.14. The van der Waals surface area contributed by atoms with Crippen molar-refractivity contribution in [1.29, 1.82) is 0 Å². The maximum atomic E-state index is 12.2. The van der Waals surface area contributed by atoms with Crippen LogP contribution in [-0.2, 0) is 16.4 Å². The Labute approximate surface area is 171 Å². The summed E-state index contributed by atoms with van der Waals surface area (Å²) in [5.41, 5.74) is 1.27. The van der Waals surface area contributed by atoms with E-state index >= 15 is 0 Å². The minimum absolute atomic E-state index is 0.0167. The molecular weight excluding hydrogens is 396 g/mol. The molecule has 2 N–H and O–H groups in total. The lowest BCUT2D eigenvalue weighted by atomic mass is 10.1. The van der Waals surface area contributed by atoms with Crippen LogP contribution in [0.3, 0.4) is 0 Å². The van der Waals surface area contributed by atoms with Crippen molar-refractivity contribution < 1.29 is 27.4 Å². The average Bonchev–Trinajstić information content (AvgIpc) is 2.73. The SMILES string of the molecule is COc1ccccc1CCNS(=O)(=O)CCNC(=O)c1ccc(OC)c(OC)c1. The Morgan fingerprint density at radius 2 is 1.59 bits per heavy atom. The largest absolute Gasteiger partial charge is 0.496 e. The zero-order valence-electron chi connectivity index (χ0n) is 16.7. The second-order valence-electron chi connectivity index (χ2n) is 6.10. The highest BCUT2D eigenvalue weighted by atomic mass is 32.2. The van der Waals surface area contributed by atoms with Crippen LogP contribution in [0, 0.1) is 0 Å². The smallest absolute Gasteiger partial charge is 0.251 e. The standard InChI is InChI=1S/C20H26N2O6S/c1-26-17-7-5-4-6-15(17)10-11-22-29(24,25)13-12-21-20(23)16-8-9-18(27-2)19(14-16)28-3/h4-9,14,22H,10-13H2,1-3H3,(H,21,23). The second kappa shape index (κ2) is 10.7. The van der Waals surface area contributed by atoms with Crippen molar-refractivity contribution in [2.45, 2.75) is 6.42 Å². The molecule has 158 valence electrons. The van der Waals surface area contributed by atoms with E-state index in [0.717, 1.165) is 5.56 Å². The van der Waals surface area contributed by atoms with Crippen molar-refractivity contribution in [2.24, 2.45) is 0 Å². The van der Waals surface area contributed by atoms with Crippen LogP contribution in [0.1, 0.15) is 15.9 Å². The molecule has 0 spiro atoms. The lowest BCUT2D eigenvalue weighted by molar-refractivity contribution is 0.0955. The molecule has 9 heteroatoms. The predicted molar refractivity (Wildman–Crippen MR) is 110 cm³/mol. The molecule has 2 aromatic carbocycles. The van der Waals surface area contributed by atoms with E-state index in [2.05, 4.69) is 10.0 Å². The first-order valence-electron chi connectivity index (χ1n) is 8.99. The Morgan fingerprint density at radius 3 is 2.28 bits per heavy atom. The molecule has 29 heavy (non-hydrogen) atoms. The topological polar surface area (TPSA) is 103 Å². The first kappa shape index (κ1) is 22.5. The molecule has 0 aliphatic carbocycles. The molecule has 0 radical (unpaired) electrons. The van der Waals surface area contributed by atoms with E-state index in [-0.39, 0.29) is 18.8 Å². The monoisotopic (exact) mass is 422 g/mol. The molecule has 0 heterocycles. The number of para-hydroxylation sites is 1. The fraction of sp³-hybridized carbons (Fsp3) is 0.350. The van der Waals surface area contributed by atoms with Crippen molar-refractivity contribution >= 4 is 15.9 Å². The van der Waals surface area contributed by atoms with Gasteiger partial charge in [-0.15, -0.1) is 0 Å². The van der Waals surface area contributed by atoms with Gasteiger partial charge in [0.15, 0.2) is 11.5 Å². The van der Waals surface area contributed by atoms with Crippen molar-refractivity contribution in [2.75, 3.05) is 40.2 Å². The quantitative estimate of drug-likeness (QED) is 0.570. The summed E-state index contributed by atoms with van der Waals surface area (Å²) in [5.74, 6) is 1.03. The van der Waals surface area contributed by atoms with Gasteiger partial charge in [0, 0.05) is 18.7 Å². The number of benzene rings is 2. The molecule has 0 atom stereocenters. The summed E-state index contributed by atoms with van der Waals surface area (Å²) in [6.07, 6.45) is 0.501. The zero-order chi connectivity index (χ0) is 21.3. The van der Waals surface area contributed by atoms with Gasteiger partial charge in [-0.2, -0.15) is 0 Å². The van der Waals surface area contributed by atoms with Crippen LogP contribution in [0.25, 0.3) is 0 Å². The van der Waals surface area contributed by atoms with Crippen LogP contribution in [0.5, 0.6) is 17.2 Å². The van der Waals surface area contributed by atoms with E-state index < -0.39 is 15.9 Å². The summed E-state index contributed by atoms with van der Waals surface area (Å²) in [4.78, 5) is 12.2. The summed E-state index contributed by atoms with van der Waals surface area (Å²) >= 11 is 0. The molecule has 0 aromatic heterocycles. The molecule has 0 saturated heterocycles. The summed E-state index contributed by atoms with van der Waals surface area (Å²) in [7, 11) is 1.03. The highest BCUT2D eigenvalue weighted by Crippen LogP contribution is 2.27. The number of carbonyl (C=O) groups excluding carboxylic acids is 1. The second-order valence-corrected chi connectivity index (χ2v) is 8.03. The van der Waals surface area contributed by atoms with Crippen molar-refractivity contribution in [3.05, 3.63) is 53.6 Å². The molecule has 8 nitrogen and oxygen atoms in total. The lowest BCUT2D eigenvalue weighted by Crippen LogP contribution is -2.35. The molecule has 0 aliphatic rings.